The Bertz CT molecular complexity index is 520. The van der Waals surface area contributed by atoms with E-state index in [1.54, 1.807) is 29.2 Å². The minimum absolute atomic E-state index is 0.283. The molecule has 0 bridgehead atoms. The maximum atomic E-state index is 12.0. The summed E-state index contributed by atoms with van der Waals surface area (Å²) in [7, 11) is 0. The van der Waals surface area contributed by atoms with Gasteiger partial charge in [-0.1, -0.05) is 0 Å². The fourth-order valence-corrected chi connectivity index (χ4v) is 1.51. The first-order chi connectivity index (χ1) is 8.22. The van der Waals surface area contributed by atoms with E-state index in [1.165, 1.54) is 6.20 Å². The molecule has 0 aliphatic carbocycles. The molecule has 0 spiro atoms. The van der Waals surface area contributed by atoms with Crippen LogP contribution in [-0.2, 0) is 6.54 Å². The Morgan fingerprint density at radius 1 is 1.53 bits per heavy atom. The molecule has 0 atom stereocenters. The van der Waals surface area contributed by atoms with Gasteiger partial charge in [-0.05, 0) is 19.1 Å². The Morgan fingerprint density at radius 2 is 2.35 bits per heavy atom. The molecule has 0 unspecified atom stereocenters. The number of aryl methyl sites for hydroxylation is 1. The Hall–Kier alpha value is -2.37. The fraction of sp³-hybridized carbons (Fsp3) is 0.182. The third kappa shape index (κ3) is 2.25. The van der Waals surface area contributed by atoms with Crippen LogP contribution in [0.2, 0.25) is 0 Å². The van der Waals surface area contributed by atoms with Gasteiger partial charge in [0.1, 0.15) is 5.69 Å². The maximum Gasteiger partial charge on any atom is 0.276 e. The number of nitrogens with zero attached hydrogens (tertiary/aromatic N) is 3. The summed E-state index contributed by atoms with van der Waals surface area (Å²) in [5.41, 5.74) is 7.08. The van der Waals surface area contributed by atoms with Crippen molar-refractivity contribution in [3.63, 3.8) is 0 Å². The fourth-order valence-electron chi connectivity index (χ4n) is 1.51. The summed E-state index contributed by atoms with van der Waals surface area (Å²) in [6.07, 6.45) is 4.68. The van der Waals surface area contributed by atoms with Crippen molar-refractivity contribution in [3.8, 4) is 0 Å². The van der Waals surface area contributed by atoms with Gasteiger partial charge < -0.3 is 11.1 Å². The van der Waals surface area contributed by atoms with Gasteiger partial charge in [0, 0.05) is 12.7 Å². The van der Waals surface area contributed by atoms with Crippen molar-refractivity contribution in [2.24, 2.45) is 0 Å². The standard InChI is InChI=1S/C11H13N5O/c1-2-16-10(9(12)7-14-16)11(17)15-8-4-3-5-13-6-8/h3-7H,2,12H2,1H3,(H,15,17). The van der Waals surface area contributed by atoms with Crippen LogP contribution in [0.15, 0.2) is 30.7 Å². The second kappa shape index (κ2) is 4.65. The van der Waals surface area contributed by atoms with Gasteiger partial charge in [-0.2, -0.15) is 5.10 Å². The molecule has 0 saturated carbocycles. The first kappa shape index (κ1) is 11.1. The quantitative estimate of drug-likeness (QED) is 0.829. The number of carbonyl (C=O) groups is 1. The highest BCUT2D eigenvalue weighted by Crippen LogP contribution is 2.13. The monoisotopic (exact) mass is 231 g/mol. The summed E-state index contributed by atoms with van der Waals surface area (Å²) in [5, 5.41) is 6.73. The number of hydrogen-bond donors (Lipinski definition) is 2. The van der Waals surface area contributed by atoms with Gasteiger partial charge in [-0.15, -0.1) is 0 Å². The number of rotatable bonds is 3. The normalized spacial score (nSPS) is 10.2. The zero-order valence-electron chi connectivity index (χ0n) is 9.42. The molecule has 0 saturated heterocycles. The second-order valence-corrected chi connectivity index (χ2v) is 3.46. The highest BCUT2D eigenvalue weighted by Gasteiger charge is 2.15. The molecule has 0 radical (unpaired) electrons. The van der Waals surface area contributed by atoms with Crippen LogP contribution in [0.3, 0.4) is 0 Å². The van der Waals surface area contributed by atoms with Gasteiger partial charge in [0.05, 0.1) is 23.8 Å². The molecule has 2 rings (SSSR count). The van der Waals surface area contributed by atoms with Crippen molar-refractivity contribution >= 4 is 17.3 Å². The van der Waals surface area contributed by atoms with Gasteiger partial charge in [0.25, 0.3) is 5.91 Å². The summed E-state index contributed by atoms with van der Waals surface area (Å²) < 4.78 is 1.56. The lowest BCUT2D eigenvalue weighted by Gasteiger charge is -2.07. The highest BCUT2D eigenvalue weighted by atomic mass is 16.2. The van der Waals surface area contributed by atoms with Crippen molar-refractivity contribution in [1.29, 1.82) is 0 Å². The first-order valence-corrected chi connectivity index (χ1v) is 5.25. The minimum Gasteiger partial charge on any atom is -0.396 e. The number of pyridine rings is 1. The molecular formula is C11H13N5O. The smallest absolute Gasteiger partial charge is 0.276 e. The molecule has 0 aliphatic rings. The molecule has 0 aliphatic heterocycles. The average Bonchev–Trinajstić information content (AvgIpc) is 2.71. The lowest BCUT2D eigenvalue weighted by molar-refractivity contribution is 0.101. The molecule has 0 fully saturated rings. The molecule has 6 heteroatoms. The van der Waals surface area contributed by atoms with Crippen molar-refractivity contribution in [2.45, 2.75) is 13.5 Å². The van der Waals surface area contributed by atoms with E-state index in [-0.39, 0.29) is 5.91 Å². The molecule has 3 N–H and O–H groups in total. The lowest BCUT2D eigenvalue weighted by atomic mass is 10.3. The average molecular weight is 231 g/mol. The molecule has 2 aromatic heterocycles. The predicted octanol–water partition coefficient (Wildman–Crippen LogP) is 1.13. The van der Waals surface area contributed by atoms with Crippen molar-refractivity contribution in [2.75, 3.05) is 11.1 Å². The van der Waals surface area contributed by atoms with E-state index >= 15 is 0 Å². The maximum absolute atomic E-state index is 12.0. The Balaban J connectivity index is 2.23. The lowest BCUT2D eigenvalue weighted by Crippen LogP contribution is -2.18. The summed E-state index contributed by atoms with van der Waals surface area (Å²) >= 11 is 0. The Labute approximate surface area is 98.5 Å². The van der Waals surface area contributed by atoms with Crippen molar-refractivity contribution in [3.05, 3.63) is 36.4 Å². The predicted molar refractivity (Wildman–Crippen MR) is 64.5 cm³/mol. The third-order valence-corrected chi connectivity index (χ3v) is 2.30. The van der Waals surface area contributed by atoms with E-state index in [0.717, 1.165) is 0 Å². The number of nitrogens with two attached hydrogens (primary N) is 1. The molecule has 6 nitrogen and oxygen atoms in total. The second-order valence-electron chi connectivity index (χ2n) is 3.46. The summed E-state index contributed by atoms with van der Waals surface area (Å²) in [5.74, 6) is -0.283. The number of nitrogen functional groups attached to an aromatic ring is 1. The zero-order valence-corrected chi connectivity index (χ0v) is 9.42. The minimum atomic E-state index is -0.283. The Morgan fingerprint density at radius 3 is 3.00 bits per heavy atom. The van der Waals surface area contributed by atoms with Gasteiger partial charge in [-0.3, -0.25) is 14.5 Å². The third-order valence-electron chi connectivity index (χ3n) is 2.30. The van der Waals surface area contributed by atoms with Crippen LogP contribution in [0.25, 0.3) is 0 Å². The van der Waals surface area contributed by atoms with E-state index in [9.17, 15) is 4.79 Å². The molecule has 0 aromatic carbocycles. The van der Waals surface area contributed by atoms with Gasteiger partial charge in [-0.25, -0.2) is 0 Å². The van der Waals surface area contributed by atoms with Crippen LogP contribution in [0.4, 0.5) is 11.4 Å². The molecular weight excluding hydrogens is 218 g/mol. The van der Waals surface area contributed by atoms with Crippen LogP contribution in [0.5, 0.6) is 0 Å². The van der Waals surface area contributed by atoms with Gasteiger partial charge in [0.2, 0.25) is 0 Å². The number of nitrogens with one attached hydrogen (secondary N) is 1. The number of aromatic nitrogens is 3. The highest BCUT2D eigenvalue weighted by molar-refractivity contribution is 6.06. The summed E-state index contributed by atoms with van der Waals surface area (Å²) in [6.45, 7) is 2.49. The molecule has 2 aromatic rings. The van der Waals surface area contributed by atoms with Gasteiger partial charge >= 0.3 is 0 Å². The van der Waals surface area contributed by atoms with Crippen LogP contribution in [0.1, 0.15) is 17.4 Å². The zero-order chi connectivity index (χ0) is 12.3. The summed E-state index contributed by atoms with van der Waals surface area (Å²) in [6, 6.07) is 3.50. The molecule has 2 heterocycles. The number of anilines is 2. The van der Waals surface area contributed by atoms with Crippen LogP contribution < -0.4 is 11.1 Å². The number of hydrogen-bond acceptors (Lipinski definition) is 4. The SMILES string of the molecule is CCn1ncc(N)c1C(=O)Nc1cccnc1. The van der Waals surface area contributed by atoms with Crippen LogP contribution >= 0.6 is 0 Å². The topological polar surface area (TPSA) is 85.8 Å². The van der Waals surface area contributed by atoms with E-state index in [1.807, 2.05) is 6.92 Å². The van der Waals surface area contributed by atoms with Crippen LogP contribution in [-0.4, -0.2) is 20.7 Å². The van der Waals surface area contributed by atoms with Crippen molar-refractivity contribution in [1.82, 2.24) is 14.8 Å². The van der Waals surface area contributed by atoms with E-state index in [4.69, 9.17) is 5.73 Å². The van der Waals surface area contributed by atoms with E-state index in [2.05, 4.69) is 15.4 Å². The number of carbonyl (C=O) groups excluding carboxylic acids is 1. The largest absolute Gasteiger partial charge is 0.396 e. The molecule has 88 valence electrons. The van der Waals surface area contributed by atoms with E-state index in [0.29, 0.717) is 23.6 Å². The van der Waals surface area contributed by atoms with Crippen molar-refractivity contribution < 1.29 is 4.79 Å². The van der Waals surface area contributed by atoms with Crippen LogP contribution in [0, 0.1) is 0 Å². The number of amides is 1. The Kier molecular flexibility index (Phi) is 3.04. The molecule has 17 heavy (non-hydrogen) atoms. The first-order valence-electron chi connectivity index (χ1n) is 5.25. The summed E-state index contributed by atoms with van der Waals surface area (Å²) in [4.78, 5) is 15.9. The van der Waals surface area contributed by atoms with Gasteiger partial charge in [0.15, 0.2) is 0 Å². The molecule has 1 amide bonds. The van der Waals surface area contributed by atoms with E-state index < -0.39 is 0 Å².